The van der Waals surface area contributed by atoms with Crippen LogP contribution in [0.15, 0.2) is 18.2 Å². The number of ether oxygens (including phenoxy) is 3. The predicted octanol–water partition coefficient (Wildman–Crippen LogP) is 2.49. The van der Waals surface area contributed by atoms with Gasteiger partial charge in [0.2, 0.25) is 0 Å². The molecule has 3 rings (SSSR count). The van der Waals surface area contributed by atoms with Crippen molar-refractivity contribution in [3.8, 4) is 11.5 Å². The Morgan fingerprint density at radius 1 is 1.23 bits per heavy atom. The molecule has 1 atom stereocenters. The van der Waals surface area contributed by atoms with Gasteiger partial charge < -0.3 is 19.1 Å². The van der Waals surface area contributed by atoms with Crippen molar-refractivity contribution in [2.24, 2.45) is 0 Å². The highest BCUT2D eigenvalue weighted by atomic mass is 16.6. The molecule has 0 aliphatic carbocycles. The first-order chi connectivity index (χ1) is 10.8. The van der Waals surface area contributed by atoms with Crippen LogP contribution >= 0.6 is 0 Å². The molecule has 1 aromatic carbocycles. The number of carbonyl (C=O) groups excluding carboxylic acids is 1. The summed E-state index contributed by atoms with van der Waals surface area (Å²) in [4.78, 5) is 14.7. The van der Waals surface area contributed by atoms with Crippen molar-refractivity contribution >= 4 is 5.91 Å². The first kappa shape index (κ1) is 15.2. The van der Waals surface area contributed by atoms with Crippen LogP contribution in [0.25, 0.3) is 0 Å². The SMILES string of the molecule is CCN(C[C@@H]1CCCCO1)C(=O)c1cccc2c1OCCO2. The maximum atomic E-state index is 12.9. The third-order valence-electron chi connectivity index (χ3n) is 4.16. The number of rotatable bonds is 4. The second kappa shape index (κ2) is 7.01. The van der Waals surface area contributed by atoms with Crippen molar-refractivity contribution in [2.75, 3.05) is 32.9 Å². The first-order valence-corrected chi connectivity index (χ1v) is 8.09. The van der Waals surface area contributed by atoms with Crippen molar-refractivity contribution in [3.63, 3.8) is 0 Å². The van der Waals surface area contributed by atoms with Crippen LogP contribution in [0.5, 0.6) is 11.5 Å². The molecule has 1 fully saturated rings. The summed E-state index contributed by atoms with van der Waals surface area (Å²) in [5.41, 5.74) is 0.579. The Hall–Kier alpha value is -1.75. The molecule has 0 unspecified atom stereocenters. The van der Waals surface area contributed by atoms with Gasteiger partial charge in [0.15, 0.2) is 11.5 Å². The molecule has 2 aliphatic rings. The molecule has 0 spiro atoms. The fourth-order valence-electron chi connectivity index (χ4n) is 2.97. The average molecular weight is 305 g/mol. The number of fused-ring (bicyclic) bond motifs is 1. The molecule has 22 heavy (non-hydrogen) atoms. The van der Waals surface area contributed by atoms with Gasteiger partial charge in [0, 0.05) is 19.7 Å². The molecule has 1 aromatic rings. The van der Waals surface area contributed by atoms with Crippen LogP contribution < -0.4 is 9.47 Å². The number of para-hydroxylation sites is 1. The number of nitrogens with zero attached hydrogens (tertiary/aromatic N) is 1. The van der Waals surface area contributed by atoms with Crippen molar-refractivity contribution < 1.29 is 19.0 Å². The van der Waals surface area contributed by atoms with Crippen molar-refractivity contribution in [2.45, 2.75) is 32.3 Å². The molecule has 0 aromatic heterocycles. The summed E-state index contributed by atoms with van der Waals surface area (Å²) in [5.74, 6) is 1.21. The molecule has 5 nitrogen and oxygen atoms in total. The first-order valence-electron chi connectivity index (χ1n) is 8.09. The van der Waals surface area contributed by atoms with Gasteiger partial charge in [0.05, 0.1) is 11.7 Å². The lowest BCUT2D eigenvalue weighted by Gasteiger charge is -2.30. The van der Waals surface area contributed by atoms with E-state index in [9.17, 15) is 4.79 Å². The Bertz CT molecular complexity index is 525. The fraction of sp³-hybridized carbons (Fsp3) is 0.588. The molecule has 0 bridgehead atoms. The standard InChI is InChI=1S/C17H23NO4/c1-2-18(12-13-6-3-4-9-20-13)17(19)14-7-5-8-15-16(14)22-11-10-21-15/h5,7-8,13H,2-4,6,9-12H2,1H3/t13-/m0/s1. The van der Waals surface area contributed by atoms with Crippen LogP contribution in [0.4, 0.5) is 0 Å². The minimum Gasteiger partial charge on any atom is -0.486 e. The lowest BCUT2D eigenvalue weighted by Crippen LogP contribution is -2.40. The lowest BCUT2D eigenvalue weighted by atomic mass is 10.1. The highest BCUT2D eigenvalue weighted by Gasteiger charge is 2.26. The van der Waals surface area contributed by atoms with E-state index in [-0.39, 0.29) is 12.0 Å². The zero-order chi connectivity index (χ0) is 15.4. The molecule has 0 saturated carbocycles. The van der Waals surface area contributed by atoms with Crippen molar-refractivity contribution in [1.82, 2.24) is 4.90 Å². The van der Waals surface area contributed by atoms with Crippen LogP contribution in [0.3, 0.4) is 0 Å². The van der Waals surface area contributed by atoms with E-state index in [1.54, 1.807) is 6.07 Å². The summed E-state index contributed by atoms with van der Waals surface area (Å²) in [6, 6.07) is 5.48. The van der Waals surface area contributed by atoms with Gasteiger partial charge in [0.25, 0.3) is 5.91 Å². The third-order valence-corrected chi connectivity index (χ3v) is 4.16. The maximum absolute atomic E-state index is 12.9. The highest BCUT2D eigenvalue weighted by molar-refractivity contribution is 5.97. The summed E-state index contributed by atoms with van der Waals surface area (Å²) in [6.07, 6.45) is 3.47. The van der Waals surface area contributed by atoms with Gasteiger partial charge in [0.1, 0.15) is 13.2 Å². The molecule has 2 aliphatic heterocycles. The topological polar surface area (TPSA) is 48.0 Å². The number of carbonyl (C=O) groups is 1. The summed E-state index contributed by atoms with van der Waals surface area (Å²) in [5, 5.41) is 0. The minimum atomic E-state index is -0.0148. The van der Waals surface area contributed by atoms with E-state index in [2.05, 4.69) is 0 Å². The van der Waals surface area contributed by atoms with Gasteiger partial charge in [-0.25, -0.2) is 0 Å². The molecule has 1 amide bonds. The van der Waals surface area contributed by atoms with Crippen molar-refractivity contribution in [1.29, 1.82) is 0 Å². The number of likely N-dealkylation sites (N-methyl/N-ethyl adjacent to an activating group) is 1. The second-order valence-corrected chi connectivity index (χ2v) is 5.66. The van der Waals surface area contributed by atoms with Gasteiger partial charge in [-0.2, -0.15) is 0 Å². The number of hydrogen-bond acceptors (Lipinski definition) is 4. The van der Waals surface area contributed by atoms with Crippen LogP contribution in [0.1, 0.15) is 36.5 Å². The van der Waals surface area contributed by atoms with Crippen LogP contribution in [0.2, 0.25) is 0 Å². The Kier molecular flexibility index (Phi) is 4.83. The van der Waals surface area contributed by atoms with E-state index in [1.807, 2.05) is 24.0 Å². The van der Waals surface area contributed by atoms with Gasteiger partial charge >= 0.3 is 0 Å². The fourth-order valence-corrected chi connectivity index (χ4v) is 2.97. The highest BCUT2D eigenvalue weighted by Crippen LogP contribution is 2.34. The Morgan fingerprint density at radius 3 is 2.86 bits per heavy atom. The largest absolute Gasteiger partial charge is 0.486 e. The zero-order valence-corrected chi connectivity index (χ0v) is 13.0. The van der Waals surface area contributed by atoms with Crippen LogP contribution in [0, 0.1) is 0 Å². The smallest absolute Gasteiger partial charge is 0.257 e. The normalized spacial score (nSPS) is 20.5. The maximum Gasteiger partial charge on any atom is 0.257 e. The van der Waals surface area contributed by atoms with Crippen molar-refractivity contribution in [3.05, 3.63) is 23.8 Å². The molecule has 1 saturated heterocycles. The third kappa shape index (κ3) is 3.19. The molecule has 0 N–H and O–H groups in total. The van der Waals surface area contributed by atoms with E-state index in [4.69, 9.17) is 14.2 Å². The van der Waals surface area contributed by atoms with E-state index in [0.717, 1.165) is 19.4 Å². The Morgan fingerprint density at radius 2 is 2.09 bits per heavy atom. The summed E-state index contributed by atoms with van der Waals surface area (Å²) in [6.45, 7) is 5.10. The summed E-state index contributed by atoms with van der Waals surface area (Å²) < 4.78 is 17.0. The average Bonchev–Trinajstić information content (AvgIpc) is 2.59. The van der Waals surface area contributed by atoms with E-state index in [1.165, 1.54) is 6.42 Å². The summed E-state index contributed by atoms with van der Waals surface area (Å²) in [7, 11) is 0. The van der Waals surface area contributed by atoms with Crippen LogP contribution in [-0.2, 0) is 4.74 Å². The van der Waals surface area contributed by atoms with E-state index < -0.39 is 0 Å². The van der Waals surface area contributed by atoms with Gasteiger partial charge in [-0.15, -0.1) is 0 Å². The second-order valence-electron chi connectivity index (χ2n) is 5.66. The predicted molar refractivity (Wildman–Crippen MR) is 82.6 cm³/mol. The monoisotopic (exact) mass is 305 g/mol. The number of hydrogen-bond donors (Lipinski definition) is 0. The zero-order valence-electron chi connectivity index (χ0n) is 13.0. The number of amides is 1. The Labute approximate surface area is 131 Å². The minimum absolute atomic E-state index is 0.0148. The molecular formula is C17H23NO4. The molecular weight excluding hydrogens is 282 g/mol. The van der Waals surface area contributed by atoms with E-state index in [0.29, 0.717) is 43.4 Å². The molecule has 5 heteroatoms. The van der Waals surface area contributed by atoms with Gasteiger partial charge in [-0.3, -0.25) is 4.79 Å². The lowest BCUT2D eigenvalue weighted by molar-refractivity contribution is -0.00323. The quantitative estimate of drug-likeness (QED) is 0.857. The van der Waals surface area contributed by atoms with E-state index >= 15 is 0 Å². The van der Waals surface area contributed by atoms with Gasteiger partial charge in [-0.05, 0) is 38.3 Å². The Balaban J connectivity index is 1.76. The summed E-state index contributed by atoms with van der Waals surface area (Å²) >= 11 is 0. The van der Waals surface area contributed by atoms with Crippen LogP contribution in [-0.4, -0.2) is 49.8 Å². The van der Waals surface area contributed by atoms with Gasteiger partial charge in [-0.1, -0.05) is 6.07 Å². The molecule has 2 heterocycles. The number of benzene rings is 1. The molecule has 0 radical (unpaired) electrons. The molecule has 120 valence electrons.